The van der Waals surface area contributed by atoms with Gasteiger partial charge in [-0.1, -0.05) is 121 Å². The predicted molar refractivity (Wildman–Crippen MR) is 156 cm³/mol. The molecule has 4 aromatic rings. The molecule has 0 unspecified atom stereocenters. The minimum Gasteiger partial charge on any atom is -0.462 e. The summed E-state index contributed by atoms with van der Waals surface area (Å²) >= 11 is 0. The zero-order valence-corrected chi connectivity index (χ0v) is 22.6. The van der Waals surface area contributed by atoms with Gasteiger partial charge in [-0.15, -0.1) is 0 Å². The fraction of sp³-hybridized carbons (Fsp3) is 0.125. The first-order valence-electron chi connectivity index (χ1n) is 12.7. The molecule has 0 radical (unpaired) electrons. The molecular weight excluding hydrogens is 509 g/mol. The number of carbonyl (C=O) groups is 3. The van der Waals surface area contributed by atoms with E-state index in [4.69, 9.17) is 9.47 Å². The quantitative estimate of drug-likeness (QED) is 0.186. The van der Waals surface area contributed by atoms with E-state index in [1.165, 1.54) is 0 Å². The molecule has 0 aliphatic heterocycles. The van der Waals surface area contributed by atoms with Crippen molar-refractivity contribution in [1.29, 1.82) is 0 Å². The number of benzene rings is 4. The van der Waals surface area contributed by atoms with Gasteiger partial charge < -0.3 is 14.8 Å². The number of hydrogen-bond acceptors (Lipinski definition) is 5. The number of carbonyl (C=O) groups excluding carboxylic acids is 3. The fourth-order valence-corrected chi connectivity index (χ4v) is 8.76. The minimum absolute atomic E-state index is 0.0105. The molecule has 1 amide bonds. The summed E-state index contributed by atoms with van der Waals surface area (Å²) in [5, 5.41) is 5.02. The second kappa shape index (κ2) is 13.4. The number of rotatable bonds is 10. The Hall–Kier alpha value is -4.41. The maximum Gasteiger partial charge on any atom is 0.407 e. The van der Waals surface area contributed by atoms with E-state index in [0.717, 1.165) is 21.5 Å². The van der Waals surface area contributed by atoms with Crippen molar-refractivity contribution in [3.63, 3.8) is 0 Å². The summed E-state index contributed by atoms with van der Waals surface area (Å²) in [4.78, 5) is 40.2. The molecule has 0 saturated heterocycles. The SMILES string of the molecule is CCOC(=O)C(C(=O)CNC(=O)OCc1ccccc1)=P(c1ccccc1)(c1ccccc1)c1ccccc1. The Labute approximate surface area is 228 Å². The van der Waals surface area contributed by atoms with E-state index >= 15 is 0 Å². The van der Waals surface area contributed by atoms with Crippen LogP contribution < -0.4 is 21.2 Å². The molecule has 4 rings (SSSR count). The van der Waals surface area contributed by atoms with Crippen molar-refractivity contribution in [3.8, 4) is 0 Å². The first-order chi connectivity index (χ1) is 19.1. The summed E-state index contributed by atoms with van der Waals surface area (Å²) < 4.78 is 10.8. The molecule has 0 aromatic heterocycles. The van der Waals surface area contributed by atoms with Gasteiger partial charge in [0, 0.05) is 0 Å². The number of amides is 1. The maximum absolute atomic E-state index is 14.0. The van der Waals surface area contributed by atoms with Crippen molar-refractivity contribution in [2.75, 3.05) is 13.2 Å². The van der Waals surface area contributed by atoms with Gasteiger partial charge in [0.25, 0.3) is 0 Å². The monoisotopic (exact) mass is 539 g/mol. The Morgan fingerprint density at radius 1 is 0.641 bits per heavy atom. The Bertz CT molecular complexity index is 1350. The Morgan fingerprint density at radius 3 is 1.51 bits per heavy atom. The van der Waals surface area contributed by atoms with Crippen molar-refractivity contribution >= 4 is 45.9 Å². The van der Waals surface area contributed by atoms with Crippen LogP contribution in [0.1, 0.15) is 12.5 Å². The third-order valence-electron chi connectivity index (χ3n) is 6.10. The van der Waals surface area contributed by atoms with Crippen LogP contribution in [0.4, 0.5) is 4.79 Å². The lowest BCUT2D eigenvalue weighted by atomic mass is 10.2. The number of esters is 1. The number of nitrogens with one attached hydrogen (secondary N) is 1. The lowest BCUT2D eigenvalue weighted by Crippen LogP contribution is -2.42. The summed E-state index contributed by atoms with van der Waals surface area (Å²) in [5.41, 5.74) is 0.819. The third kappa shape index (κ3) is 6.36. The molecule has 0 aliphatic rings. The van der Waals surface area contributed by atoms with Crippen molar-refractivity contribution < 1.29 is 23.9 Å². The van der Waals surface area contributed by atoms with Gasteiger partial charge in [0.05, 0.1) is 13.2 Å². The second-order valence-corrected chi connectivity index (χ2v) is 11.9. The van der Waals surface area contributed by atoms with Gasteiger partial charge in [-0.3, -0.25) is 4.79 Å². The molecule has 0 fully saturated rings. The van der Waals surface area contributed by atoms with Crippen LogP contribution in [0, 0.1) is 0 Å². The van der Waals surface area contributed by atoms with E-state index in [1.54, 1.807) is 6.92 Å². The number of hydrogen-bond donors (Lipinski definition) is 1. The van der Waals surface area contributed by atoms with Crippen LogP contribution in [-0.2, 0) is 25.7 Å². The average molecular weight is 540 g/mol. The van der Waals surface area contributed by atoms with Crippen LogP contribution >= 0.6 is 6.89 Å². The Balaban J connectivity index is 1.85. The average Bonchev–Trinajstić information content (AvgIpc) is 2.99. The summed E-state index contributed by atoms with van der Waals surface area (Å²) in [6.45, 7) is -1.59. The molecule has 39 heavy (non-hydrogen) atoms. The molecule has 0 bridgehead atoms. The maximum atomic E-state index is 14.0. The highest BCUT2D eigenvalue weighted by Gasteiger charge is 2.37. The smallest absolute Gasteiger partial charge is 0.407 e. The van der Waals surface area contributed by atoms with E-state index in [0.29, 0.717) is 0 Å². The predicted octanol–water partition coefficient (Wildman–Crippen LogP) is 4.21. The van der Waals surface area contributed by atoms with E-state index in [2.05, 4.69) is 5.32 Å². The number of ether oxygens (including phenoxy) is 2. The molecule has 0 saturated carbocycles. The number of alkyl carbamates (subject to hydrolysis) is 1. The first-order valence-corrected chi connectivity index (χ1v) is 14.4. The fourth-order valence-electron chi connectivity index (χ4n) is 4.44. The molecule has 7 heteroatoms. The molecule has 0 aliphatic carbocycles. The largest absolute Gasteiger partial charge is 0.462 e. The van der Waals surface area contributed by atoms with Gasteiger partial charge in [0.1, 0.15) is 11.9 Å². The van der Waals surface area contributed by atoms with Gasteiger partial charge in [-0.05, 0) is 35.3 Å². The van der Waals surface area contributed by atoms with Crippen LogP contribution in [0.2, 0.25) is 0 Å². The van der Waals surface area contributed by atoms with Crippen molar-refractivity contribution in [3.05, 3.63) is 127 Å². The van der Waals surface area contributed by atoms with Crippen molar-refractivity contribution in [2.45, 2.75) is 13.5 Å². The Morgan fingerprint density at radius 2 is 1.08 bits per heavy atom. The zero-order chi connectivity index (χ0) is 27.5. The standard InChI is InChI=1S/C32H30NO5P/c1-2-37-31(35)30(29(34)23-33-32(36)38-24-25-15-7-3-8-16-25)39(26-17-9-4-10-18-26,27-19-11-5-12-20-27)28-21-13-6-14-22-28/h3-22H,2,23-24H2,1H3,(H,33,36). The Kier molecular flexibility index (Phi) is 9.49. The zero-order valence-electron chi connectivity index (χ0n) is 21.7. The lowest BCUT2D eigenvalue weighted by molar-refractivity contribution is -0.135. The second-order valence-electron chi connectivity index (χ2n) is 8.59. The normalized spacial score (nSPS) is 10.8. The highest BCUT2D eigenvalue weighted by atomic mass is 31.2. The molecule has 0 spiro atoms. The molecule has 0 heterocycles. The summed E-state index contributed by atoms with van der Waals surface area (Å²) in [6, 6.07) is 37.9. The molecule has 0 atom stereocenters. The molecule has 198 valence electrons. The van der Waals surface area contributed by atoms with Gasteiger partial charge >= 0.3 is 12.1 Å². The first kappa shape index (κ1) is 27.6. The molecule has 6 nitrogen and oxygen atoms in total. The van der Waals surface area contributed by atoms with E-state index in [9.17, 15) is 14.4 Å². The minimum atomic E-state index is -3.03. The highest BCUT2D eigenvalue weighted by molar-refractivity contribution is 7.97. The van der Waals surface area contributed by atoms with Gasteiger partial charge in [-0.2, -0.15) is 0 Å². The van der Waals surface area contributed by atoms with Crippen LogP contribution in [0.25, 0.3) is 0 Å². The topological polar surface area (TPSA) is 81.7 Å². The van der Waals surface area contributed by atoms with Crippen molar-refractivity contribution in [2.24, 2.45) is 0 Å². The lowest BCUT2D eigenvalue weighted by Gasteiger charge is -2.31. The van der Waals surface area contributed by atoms with Gasteiger partial charge in [0.15, 0.2) is 5.78 Å². The van der Waals surface area contributed by atoms with Crippen molar-refractivity contribution in [1.82, 2.24) is 5.32 Å². The number of Topliss-reactive ketones (excluding diaryl/α,β-unsaturated/α-hetero) is 1. The molecule has 1 N–H and O–H groups in total. The summed E-state index contributed by atoms with van der Waals surface area (Å²) in [7, 11) is 0. The van der Waals surface area contributed by atoms with Crippen LogP contribution in [0.3, 0.4) is 0 Å². The van der Waals surface area contributed by atoms with Crippen LogP contribution in [0.5, 0.6) is 0 Å². The van der Waals surface area contributed by atoms with E-state index in [-0.39, 0.29) is 18.5 Å². The van der Waals surface area contributed by atoms with Crippen LogP contribution in [-0.4, -0.2) is 36.3 Å². The van der Waals surface area contributed by atoms with Gasteiger partial charge in [-0.25, -0.2) is 9.59 Å². The van der Waals surface area contributed by atoms with Crippen LogP contribution in [0.15, 0.2) is 121 Å². The van der Waals surface area contributed by atoms with E-state index < -0.39 is 31.3 Å². The summed E-state index contributed by atoms with van der Waals surface area (Å²) in [5.74, 6) is -1.23. The molecule has 4 aromatic carbocycles. The summed E-state index contributed by atoms with van der Waals surface area (Å²) in [6.07, 6.45) is -0.751. The third-order valence-corrected chi connectivity index (χ3v) is 10.4. The van der Waals surface area contributed by atoms with E-state index in [1.807, 2.05) is 121 Å². The number of ketones is 1. The molecular formula is C32H30NO5P. The van der Waals surface area contributed by atoms with Gasteiger partial charge in [0.2, 0.25) is 0 Å². The highest BCUT2D eigenvalue weighted by Crippen LogP contribution is 2.46.